The topological polar surface area (TPSA) is 0 Å². The lowest BCUT2D eigenvalue weighted by molar-refractivity contribution is 0.741. The van der Waals surface area contributed by atoms with Crippen LogP contribution in [0.5, 0.6) is 0 Å². The Kier molecular flexibility index (Phi) is 4.79. The van der Waals surface area contributed by atoms with Gasteiger partial charge in [-0.3, -0.25) is 0 Å². The maximum absolute atomic E-state index is 2.35. The van der Waals surface area contributed by atoms with Crippen LogP contribution in [0.15, 0.2) is 48.5 Å². The number of aryl methyl sites for hydroxylation is 2. The number of hydrogen-bond acceptors (Lipinski definition) is 0. The van der Waals surface area contributed by atoms with E-state index >= 15 is 0 Å². The Balaban J connectivity index is 2.23. The van der Waals surface area contributed by atoms with Crippen LogP contribution >= 0.6 is 0 Å². The largest absolute Gasteiger partial charge is 0.0620 e. The van der Waals surface area contributed by atoms with Gasteiger partial charge in [-0.1, -0.05) is 69.3 Å². The van der Waals surface area contributed by atoms with Crippen LogP contribution in [-0.4, -0.2) is 0 Å². The van der Waals surface area contributed by atoms with E-state index in [2.05, 4.69) is 69.3 Å². The summed E-state index contributed by atoms with van der Waals surface area (Å²) in [5.41, 5.74) is 5.99. The highest BCUT2D eigenvalue weighted by molar-refractivity contribution is 5.34. The molecule has 19 heavy (non-hydrogen) atoms. The number of benzene rings is 2. The lowest BCUT2D eigenvalue weighted by atomic mass is 9.88. The smallest absolute Gasteiger partial charge is 0.0147 e. The van der Waals surface area contributed by atoms with Gasteiger partial charge in [-0.15, -0.1) is 0 Å². The first kappa shape index (κ1) is 13.9. The van der Waals surface area contributed by atoms with Crippen molar-refractivity contribution < 1.29 is 0 Å². The Bertz CT molecular complexity index is 525. The van der Waals surface area contributed by atoms with Crippen LogP contribution in [0.3, 0.4) is 0 Å². The van der Waals surface area contributed by atoms with Crippen LogP contribution in [0.2, 0.25) is 0 Å². The molecular weight excluding hydrogens is 228 g/mol. The average molecular weight is 252 g/mol. The standard InChI is InChI=1S/C19H24/c1-4-16-10-6-7-12-18(16)14-15(3)19-13-9-8-11-17(19)5-2/h6-13,15H,4-5,14H2,1-3H3. The van der Waals surface area contributed by atoms with Crippen LogP contribution in [0.1, 0.15) is 48.9 Å². The molecule has 0 heteroatoms. The first-order valence-electron chi connectivity index (χ1n) is 7.40. The molecule has 0 saturated heterocycles. The van der Waals surface area contributed by atoms with E-state index in [4.69, 9.17) is 0 Å². The van der Waals surface area contributed by atoms with Crippen molar-refractivity contribution in [2.75, 3.05) is 0 Å². The molecule has 0 N–H and O–H groups in total. The first-order valence-corrected chi connectivity index (χ1v) is 7.40. The molecule has 0 aliphatic heterocycles. The predicted molar refractivity (Wildman–Crippen MR) is 83.8 cm³/mol. The van der Waals surface area contributed by atoms with Gasteiger partial charge in [0.25, 0.3) is 0 Å². The van der Waals surface area contributed by atoms with E-state index in [1.807, 2.05) is 0 Å². The molecule has 1 unspecified atom stereocenters. The highest BCUT2D eigenvalue weighted by atomic mass is 14.2. The molecule has 0 radical (unpaired) electrons. The summed E-state index contributed by atoms with van der Waals surface area (Å²) in [6.07, 6.45) is 3.38. The van der Waals surface area contributed by atoms with Crippen LogP contribution < -0.4 is 0 Å². The van der Waals surface area contributed by atoms with Crippen LogP contribution in [0.4, 0.5) is 0 Å². The molecule has 100 valence electrons. The van der Waals surface area contributed by atoms with E-state index in [1.54, 1.807) is 0 Å². The fourth-order valence-corrected chi connectivity index (χ4v) is 2.88. The average Bonchev–Trinajstić information content (AvgIpc) is 2.47. The Hall–Kier alpha value is -1.56. The van der Waals surface area contributed by atoms with Crippen LogP contribution in [0.25, 0.3) is 0 Å². The van der Waals surface area contributed by atoms with Gasteiger partial charge in [0.05, 0.1) is 0 Å². The highest BCUT2D eigenvalue weighted by Gasteiger charge is 2.11. The molecule has 0 bridgehead atoms. The van der Waals surface area contributed by atoms with Gasteiger partial charge in [0, 0.05) is 0 Å². The van der Waals surface area contributed by atoms with Gasteiger partial charge < -0.3 is 0 Å². The molecule has 0 saturated carbocycles. The summed E-state index contributed by atoms with van der Waals surface area (Å²) in [6.45, 7) is 6.83. The highest BCUT2D eigenvalue weighted by Crippen LogP contribution is 2.25. The third kappa shape index (κ3) is 3.26. The van der Waals surface area contributed by atoms with Gasteiger partial charge in [0.15, 0.2) is 0 Å². The Morgan fingerprint density at radius 3 is 1.89 bits per heavy atom. The van der Waals surface area contributed by atoms with E-state index in [9.17, 15) is 0 Å². The van der Waals surface area contributed by atoms with Gasteiger partial charge in [-0.25, -0.2) is 0 Å². The van der Waals surface area contributed by atoms with Gasteiger partial charge in [-0.2, -0.15) is 0 Å². The summed E-state index contributed by atoms with van der Waals surface area (Å²) in [6, 6.07) is 17.7. The number of rotatable bonds is 5. The fraction of sp³-hybridized carbons (Fsp3) is 0.368. The maximum atomic E-state index is 2.35. The van der Waals surface area contributed by atoms with E-state index in [0.29, 0.717) is 5.92 Å². The molecule has 0 heterocycles. The summed E-state index contributed by atoms with van der Waals surface area (Å²) < 4.78 is 0. The van der Waals surface area contributed by atoms with Gasteiger partial charge in [0.2, 0.25) is 0 Å². The molecule has 0 aromatic heterocycles. The van der Waals surface area contributed by atoms with E-state index < -0.39 is 0 Å². The SMILES string of the molecule is CCc1ccccc1CC(C)c1ccccc1CC. The summed E-state index contributed by atoms with van der Waals surface area (Å²) in [4.78, 5) is 0. The molecule has 2 aromatic rings. The van der Waals surface area contributed by atoms with Crippen molar-refractivity contribution >= 4 is 0 Å². The molecule has 0 spiro atoms. The second-order valence-electron chi connectivity index (χ2n) is 5.28. The molecule has 1 atom stereocenters. The van der Waals surface area contributed by atoms with Gasteiger partial charge in [0.1, 0.15) is 0 Å². The lowest BCUT2D eigenvalue weighted by Crippen LogP contribution is -2.04. The monoisotopic (exact) mass is 252 g/mol. The Labute approximate surface area is 117 Å². The minimum Gasteiger partial charge on any atom is -0.0620 e. The van der Waals surface area contributed by atoms with E-state index in [1.165, 1.54) is 22.3 Å². The zero-order chi connectivity index (χ0) is 13.7. The van der Waals surface area contributed by atoms with Crippen molar-refractivity contribution in [1.82, 2.24) is 0 Å². The van der Waals surface area contributed by atoms with E-state index in [-0.39, 0.29) is 0 Å². The summed E-state index contributed by atoms with van der Waals surface area (Å²) in [5, 5.41) is 0. The second kappa shape index (κ2) is 6.56. The molecule has 0 fully saturated rings. The molecule has 2 aromatic carbocycles. The van der Waals surface area contributed by atoms with Crippen molar-refractivity contribution in [1.29, 1.82) is 0 Å². The van der Waals surface area contributed by atoms with Crippen molar-refractivity contribution in [3.63, 3.8) is 0 Å². The summed E-state index contributed by atoms with van der Waals surface area (Å²) in [7, 11) is 0. The third-order valence-electron chi connectivity index (χ3n) is 3.99. The maximum Gasteiger partial charge on any atom is -0.0147 e. The van der Waals surface area contributed by atoms with E-state index in [0.717, 1.165) is 19.3 Å². The molecule has 0 nitrogen and oxygen atoms in total. The molecule has 0 amide bonds. The lowest BCUT2D eigenvalue weighted by Gasteiger charge is -2.17. The number of hydrogen-bond donors (Lipinski definition) is 0. The normalized spacial score (nSPS) is 12.4. The summed E-state index contributed by atoms with van der Waals surface area (Å²) in [5.74, 6) is 0.587. The molecule has 2 rings (SSSR count). The van der Waals surface area contributed by atoms with Crippen molar-refractivity contribution in [3.8, 4) is 0 Å². The Morgan fingerprint density at radius 1 is 0.737 bits per heavy atom. The van der Waals surface area contributed by atoms with Crippen LogP contribution in [0, 0.1) is 0 Å². The minimum absolute atomic E-state index is 0.587. The van der Waals surface area contributed by atoms with Crippen molar-refractivity contribution in [3.05, 3.63) is 70.8 Å². The second-order valence-corrected chi connectivity index (χ2v) is 5.28. The summed E-state index contributed by atoms with van der Waals surface area (Å²) >= 11 is 0. The van der Waals surface area contributed by atoms with Gasteiger partial charge in [-0.05, 0) is 47.4 Å². The Morgan fingerprint density at radius 2 is 1.26 bits per heavy atom. The predicted octanol–water partition coefficient (Wildman–Crippen LogP) is 5.16. The first-order chi connectivity index (χ1) is 9.26. The fourth-order valence-electron chi connectivity index (χ4n) is 2.88. The molecular formula is C19H24. The zero-order valence-corrected chi connectivity index (χ0v) is 12.3. The minimum atomic E-state index is 0.587. The zero-order valence-electron chi connectivity index (χ0n) is 12.3. The van der Waals surface area contributed by atoms with Gasteiger partial charge >= 0.3 is 0 Å². The molecule has 0 aliphatic carbocycles. The third-order valence-corrected chi connectivity index (χ3v) is 3.99. The van der Waals surface area contributed by atoms with Crippen molar-refractivity contribution in [2.45, 2.75) is 46.0 Å². The van der Waals surface area contributed by atoms with Crippen molar-refractivity contribution in [2.24, 2.45) is 0 Å². The quantitative estimate of drug-likeness (QED) is 0.689. The van der Waals surface area contributed by atoms with Crippen LogP contribution in [-0.2, 0) is 19.3 Å². The molecule has 0 aliphatic rings.